The second kappa shape index (κ2) is 5.14. The van der Waals surface area contributed by atoms with E-state index in [9.17, 15) is 35.5 Å². The van der Waals surface area contributed by atoms with Crippen LogP contribution in [0.15, 0.2) is 6.07 Å². The maximum atomic E-state index is 13.3. The summed E-state index contributed by atoms with van der Waals surface area (Å²) in [5.41, 5.74) is -2.46. The molecule has 0 radical (unpaired) electrons. The van der Waals surface area contributed by atoms with Gasteiger partial charge in [0.05, 0.1) is 0 Å². The molecule has 0 aliphatic rings. The van der Waals surface area contributed by atoms with Crippen LogP contribution < -0.4 is 0 Å². The first-order valence-corrected chi connectivity index (χ1v) is 4.74. The van der Waals surface area contributed by atoms with Crippen LogP contribution in [0.2, 0.25) is 0 Å². The fourth-order valence-corrected chi connectivity index (χ4v) is 1.17. The Bertz CT molecular complexity index is 539. The van der Waals surface area contributed by atoms with Crippen molar-refractivity contribution in [2.75, 3.05) is 0 Å². The standard InChI is InChI=1S/C8H5F7N2O4/c1-17-3(5(18)19)2-4(16-17)6(9,10)20-8(14,15)21-7(11,12)13/h2H,1H3,(H,18,19). The van der Waals surface area contributed by atoms with Crippen LogP contribution in [-0.4, -0.2) is 33.5 Å². The Morgan fingerprint density at radius 2 is 1.71 bits per heavy atom. The van der Waals surface area contributed by atoms with Gasteiger partial charge in [-0.05, 0) is 0 Å². The third-order valence-corrected chi connectivity index (χ3v) is 1.88. The number of hydrogen-bond donors (Lipinski definition) is 1. The van der Waals surface area contributed by atoms with E-state index in [2.05, 4.69) is 14.6 Å². The van der Waals surface area contributed by atoms with Crippen LogP contribution in [0.1, 0.15) is 16.2 Å². The predicted octanol–water partition coefficient (Wildman–Crippen LogP) is 2.27. The molecule has 0 atom stereocenters. The van der Waals surface area contributed by atoms with Gasteiger partial charge in [-0.25, -0.2) is 9.53 Å². The van der Waals surface area contributed by atoms with Gasteiger partial charge in [0.1, 0.15) is 5.69 Å². The van der Waals surface area contributed by atoms with Crippen molar-refractivity contribution in [2.45, 2.75) is 18.8 Å². The van der Waals surface area contributed by atoms with Crippen LogP contribution in [0.25, 0.3) is 0 Å². The first-order valence-electron chi connectivity index (χ1n) is 4.74. The minimum absolute atomic E-state index is 0.159. The fraction of sp³-hybridized carbons (Fsp3) is 0.500. The number of carbonyl (C=O) groups is 1. The average molecular weight is 326 g/mol. The van der Waals surface area contributed by atoms with Gasteiger partial charge in [-0.2, -0.15) is 18.6 Å². The zero-order valence-electron chi connectivity index (χ0n) is 9.79. The predicted molar refractivity (Wildman–Crippen MR) is 47.2 cm³/mol. The summed E-state index contributed by atoms with van der Waals surface area (Å²) in [6, 6.07) is 0.159. The van der Waals surface area contributed by atoms with Crippen molar-refractivity contribution in [3.63, 3.8) is 0 Å². The molecule has 0 aliphatic carbocycles. The minimum Gasteiger partial charge on any atom is -0.477 e. The van der Waals surface area contributed by atoms with Crippen molar-refractivity contribution >= 4 is 5.97 Å². The molecule has 1 heterocycles. The lowest BCUT2D eigenvalue weighted by Gasteiger charge is -2.22. The molecule has 6 nitrogen and oxygen atoms in total. The van der Waals surface area contributed by atoms with Crippen molar-refractivity contribution in [3.05, 3.63) is 17.5 Å². The molecule has 1 N–H and O–H groups in total. The minimum atomic E-state index is -5.93. The number of ether oxygens (including phenoxy) is 2. The van der Waals surface area contributed by atoms with E-state index in [0.717, 1.165) is 7.05 Å². The summed E-state index contributed by atoms with van der Waals surface area (Å²) in [5.74, 6) is -1.72. The summed E-state index contributed by atoms with van der Waals surface area (Å²) in [6.07, 6.45) is -16.7. The van der Waals surface area contributed by atoms with Crippen LogP contribution in [0.3, 0.4) is 0 Å². The van der Waals surface area contributed by atoms with Gasteiger partial charge >= 0.3 is 24.7 Å². The first-order chi connectivity index (χ1) is 9.23. The number of carboxylic acid groups (broad SMARTS) is 1. The van der Waals surface area contributed by atoms with Gasteiger partial charge in [0.25, 0.3) is 0 Å². The van der Waals surface area contributed by atoms with E-state index in [1.54, 1.807) is 0 Å². The highest BCUT2D eigenvalue weighted by atomic mass is 19.4. The van der Waals surface area contributed by atoms with Crippen molar-refractivity contribution in [3.8, 4) is 0 Å². The molecule has 0 spiro atoms. The largest absolute Gasteiger partial charge is 0.529 e. The topological polar surface area (TPSA) is 73.6 Å². The summed E-state index contributed by atoms with van der Waals surface area (Å²) in [4.78, 5) is 10.6. The number of rotatable bonds is 5. The van der Waals surface area contributed by atoms with Gasteiger partial charge in [-0.15, -0.1) is 22.0 Å². The lowest BCUT2D eigenvalue weighted by Crippen LogP contribution is -2.38. The maximum absolute atomic E-state index is 13.3. The van der Waals surface area contributed by atoms with Crippen LogP contribution >= 0.6 is 0 Å². The zero-order chi connectivity index (χ0) is 16.6. The Morgan fingerprint density at radius 3 is 2.10 bits per heavy atom. The summed E-state index contributed by atoms with van der Waals surface area (Å²) in [5, 5.41) is 11.4. The van der Waals surface area contributed by atoms with Gasteiger partial charge in [-0.3, -0.25) is 4.68 Å². The quantitative estimate of drug-likeness (QED) is 0.664. The molecule has 0 saturated carbocycles. The molecule has 0 unspecified atom stereocenters. The maximum Gasteiger partial charge on any atom is 0.529 e. The number of nitrogens with zero attached hydrogens (tertiary/aromatic N) is 2. The van der Waals surface area contributed by atoms with E-state index < -0.39 is 36.1 Å². The first kappa shape index (κ1) is 17.2. The molecule has 13 heteroatoms. The van der Waals surface area contributed by atoms with E-state index in [4.69, 9.17) is 5.11 Å². The van der Waals surface area contributed by atoms with E-state index in [1.165, 1.54) is 0 Å². The molecule has 0 amide bonds. The van der Waals surface area contributed by atoms with Gasteiger partial charge in [0.15, 0.2) is 5.69 Å². The molecule has 0 aliphatic heterocycles. The number of aromatic nitrogens is 2. The molecular weight excluding hydrogens is 321 g/mol. The molecule has 1 aromatic heterocycles. The van der Waals surface area contributed by atoms with Crippen LogP contribution in [0.4, 0.5) is 30.7 Å². The van der Waals surface area contributed by atoms with E-state index >= 15 is 0 Å². The number of aryl methyl sites for hydroxylation is 1. The Kier molecular flexibility index (Phi) is 4.20. The summed E-state index contributed by atoms with van der Waals surface area (Å²) in [7, 11) is 0.896. The normalized spacial score (nSPS) is 13.5. The van der Waals surface area contributed by atoms with Gasteiger partial charge < -0.3 is 5.11 Å². The fourth-order valence-electron chi connectivity index (χ4n) is 1.17. The van der Waals surface area contributed by atoms with E-state index in [1.807, 2.05) is 0 Å². The summed E-state index contributed by atoms with van der Waals surface area (Å²) < 4.78 is 91.5. The molecule has 0 saturated heterocycles. The molecule has 1 rings (SSSR count). The second-order valence-electron chi connectivity index (χ2n) is 3.47. The number of hydrogen-bond acceptors (Lipinski definition) is 4. The van der Waals surface area contributed by atoms with Crippen molar-refractivity contribution in [1.82, 2.24) is 9.78 Å². The Balaban J connectivity index is 3.00. The molecule has 21 heavy (non-hydrogen) atoms. The highest BCUT2D eigenvalue weighted by molar-refractivity contribution is 5.85. The van der Waals surface area contributed by atoms with Gasteiger partial charge in [-0.1, -0.05) is 0 Å². The summed E-state index contributed by atoms with van der Waals surface area (Å²) in [6.45, 7) is 0. The van der Waals surface area contributed by atoms with E-state index in [0.29, 0.717) is 4.68 Å². The average Bonchev–Trinajstić information content (AvgIpc) is 2.54. The molecular formula is C8H5F7N2O4. The third kappa shape index (κ3) is 4.56. The Morgan fingerprint density at radius 1 is 1.19 bits per heavy atom. The molecule has 1 aromatic rings. The van der Waals surface area contributed by atoms with Crippen molar-refractivity contribution < 1.29 is 50.1 Å². The Hall–Kier alpha value is -1.89. The van der Waals surface area contributed by atoms with Crippen LogP contribution in [-0.2, 0) is 22.6 Å². The van der Waals surface area contributed by atoms with Crippen LogP contribution in [0, 0.1) is 0 Å². The third-order valence-electron chi connectivity index (χ3n) is 1.88. The molecule has 0 bridgehead atoms. The van der Waals surface area contributed by atoms with Crippen molar-refractivity contribution in [1.29, 1.82) is 0 Å². The van der Waals surface area contributed by atoms with Crippen LogP contribution in [0.5, 0.6) is 0 Å². The number of halogens is 7. The van der Waals surface area contributed by atoms with Crippen molar-refractivity contribution in [2.24, 2.45) is 7.05 Å². The van der Waals surface area contributed by atoms with Gasteiger partial charge in [0, 0.05) is 13.1 Å². The zero-order valence-corrected chi connectivity index (χ0v) is 9.79. The molecule has 0 fully saturated rings. The Labute approximate surface area is 110 Å². The summed E-state index contributed by atoms with van der Waals surface area (Å²) >= 11 is 0. The lowest BCUT2D eigenvalue weighted by atomic mass is 10.3. The number of aromatic carboxylic acids is 1. The lowest BCUT2D eigenvalue weighted by molar-refractivity contribution is -0.537. The number of alkyl halides is 7. The highest BCUT2D eigenvalue weighted by Gasteiger charge is 2.54. The number of carboxylic acids is 1. The SMILES string of the molecule is Cn1nc(C(F)(F)OC(F)(F)OC(F)(F)F)cc1C(=O)O. The van der Waals surface area contributed by atoms with Gasteiger partial charge in [0.2, 0.25) is 0 Å². The van der Waals surface area contributed by atoms with E-state index in [-0.39, 0.29) is 6.07 Å². The smallest absolute Gasteiger partial charge is 0.477 e. The monoisotopic (exact) mass is 326 g/mol. The highest BCUT2D eigenvalue weighted by Crippen LogP contribution is 2.38. The molecule has 120 valence electrons. The second-order valence-corrected chi connectivity index (χ2v) is 3.47. The molecule has 0 aromatic carbocycles.